The lowest BCUT2D eigenvalue weighted by molar-refractivity contribution is -0.140. The molecule has 0 saturated heterocycles. The lowest BCUT2D eigenvalue weighted by atomic mass is 9.87. The van der Waals surface area contributed by atoms with Crippen molar-refractivity contribution in [2.24, 2.45) is 5.92 Å². The molecule has 0 unspecified atom stereocenters. The number of alkyl halides is 1. The molecule has 2 nitrogen and oxygen atoms in total. The van der Waals surface area contributed by atoms with Crippen LogP contribution in [0, 0.1) is 5.92 Å². The highest BCUT2D eigenvalue weighted by atomic mass is 35.5. The SMILES string of the molecule is O=C(CCl)OCCC1CCCCC1. The zero-order valence-corrected chi connectivity index (χ0v) is 8.68. The van der Waals surface area contributed by atoms with Crippen LogP contribution in [0.5, 0.6) is 0 Å². The summed E-state index contributed by atoms with van der Waals surface area (Å²) in [5.74, 6) is 0.458. The summed E-state index contributed by atoms with van der Waals surface area (Å²) in [6.07, 6.45) is 7.68. The molecule has 0 spiro atoms. The molecule has 0 atom stereocenters. The second-order valence-electron chi connectivity index (χ2n) is 3.65. The topological polar surface area (TPSA) is 26.3 Å². The van der Waals surface area contributed by atoms with Gasteiger partial charge in [0.2, 0.25) is 0 Å². The second-order valence-corrected chi connectivity index (χ2v) is 3.91. The van der Waals surface area contributed by atoms with Gasteiger partial charge in [-0.05, 0) is 12.3 Å². The number of ether oxygens (including phenoxy) is 1. The standard InChI is InChI=1S/C10H17ClO2/c11-8-10(12)13-7-6-9-4-2-1-3-5-9/h9H,1-8H2. The number of hydrogen-bond donors (Lipinski definition) is 0. The number of hydrogen-bond acceptors (Lipinski definition) is 2. The molecular formula is C10H17ClO2. The third-order valence-electron chi connectivity index (χ3n) is 2.62. The minimum absolute atomic E-state index is 0.0231. The predicted molar refractivity (Wildman–Crippen MR) is 52.9 cm³/mol. The van der Waals surface area contributed by atoms with Crippen molar-refractivity contribution in [3.63, 3.8) is 0 Å². The Kier molecular flexibility index (Phi) is 5.21. The van der Waals surface area contributed by atoms with Crippen LogP contribution in [0.2, 0.25) is 0 Å². The van der Waals surface area contributed by atoms with Crippen LogP contribution in [0.15, 0.2) is 0 Å². The quantitative estimate of drug-likeness (QED) is 0.520. The lowest BCUT2D eigenvalue weighted by Gasteiger charge is -2.20. The molecule has 3 heteroatoms. The largest absolute Gasteiger partial charge is 0.465 e. The lowest BCUT2D eigenvalue weighted by Crippen LogP contribution is -2.12. The van der Waals surface area contributed by atoms with Crippen molar-refractivity contribution in [2.45, 2.75) is 38.5 Å². The van der Waals surface area contributed by atoms with Crippen LogP contribution in [-0.2, 0) is 9.53 Å². The first kappa shape index (κ1) is 10.8. The highest BCUT2D eigenvalue weighted by Crippen LogP contribution is 2.25. The molecule has 0 aliphatic heterocycles. The van der Waals surface area contributed by atoms with Gasteiger partial charge in [0, 0.05) is 0 Å². The summed E-state index contributed by atoms with van der Waals surface area (Å²) in [4.78, 5) is 10.7. The molecule has 1 aliphatic rings. The first-order valence-electron chi connectivity index (χ1n) is 5.04. The van der Waals surface area contributed by atoms with Crippen LogP contribution < -0.4 is 0 Å². The van der Waals surface area contributed by atoms with Crippen molar-refractivity contribution in [2.75, 3.05) is 12.5 Å². The molecule has 0 amide bonds. The van der Waals surface area contributed by atoms with Gasteiger partial charge >= 0.3 is 5.97 Å². The van der Waals surface area contributed by atoms with Gasteiger partial charge in [-0.2, -0.15) is 0 Å². The predicted octanol–water partition coefficient (Wildman–Crippen LogP) is 2.74. The molecule has 0 aromatic carbocycles. The molecule has 1 aliphatic carbocycles. The average molecular weight is 205 g/mol. The highest BCUT2D eigenvalue weighted by Gasteiger charge is 2.13. The van der Waals surface area contributed by atoms with Gasteiger partial charge in [0.15, 0.2) is 0 Å². The van der Waals surface area contributed by atoms with E-state index in [2.05, 4.69) is 0 Å². The molecular weight excluding hydrogens is 188 g/mol. The van der Waals surface area contributed by atoms with Gasteiger partial charge in [-0.1, -0.05) is 32.1 Å². The van der Waals surface area contributed by atoms with Gasteiger partial charge in [0.05, 0.1) is 6.61 Å². The van der Waals surface area contributed by atoms with Gasteiger partial charge in [-0.15, -0.1) is 11.6 Å². The zero-order valence-electron chi connectivity index (χ0n) is 7.93. The summed E-state index contributed by atoms with van der Waals surface area (Å²) in [5.41, 5.74) is 0. The van der Waals surface area contributed by atoms with Gasteiger partial charge in [0.1, 0.15) is 5.88 Å². The fraction of sp³-hybridized carbons (Fsp3) is 0.900. The van der Waals surface area contributed by atoms with Crippen molar-refractivity contribution in [3.05, 3.63) is 0 Å². The van der Waals surface area contributed by atoms with Crippen LogP contribution in [0.4, 0.5) is 0 Å². The number of carbonyl (C=O) groups is 1. The van der Waals surface area contributed by atoms with E-state index in [1.54, 1.807) is 0 Å². The molecule has 13 heavy (non-hydrogen) atoms. The Balaban J connectivity index is 2.01. The Hall–Kier alpha value is -0.240. The minimum atomic E-state index is -0.294. The van der Waals surface area contributed by atoms with Crippen LogP contribution in [-0.4, -0.2) is 18.5 Å². The van der Waals surface area contributed by atoms with Crippen molar-refractivity contribution in [1.29, 1.82) is 0 Å². The number of rotatable bonds is 4. The summed E-state index contributed by atoms with van der Waals surface area (Å²) in [7, 11) is 0. The first-order chi connectivity index (χ1) is 6.33. The van der Waals surface area contributed by atoms with Crippen molar-refractivity contribution >= 4 is 17.6 Å². The van der Waals surface area contributed by atoms with Gasteiger partial charge in [-0.3, -0.25) is 4.79 Å². The molecule has 1 saturated carbocycles. The van der Waals surface area contributed by atoms with Crippen LogP contribution in [0.3, 0.4) is 0 Å². The molecule has 0 radical (unpaired) electrons. The monoisotopic (exact) mass is 204 g/mol. The Bertz CT molecular complexity index is 153. The van der Waals surface area contributed by atoms with E-state index in [9.17, 15) is 4.79 Å². The van der Waals surface area contributed by atoms with E-state index < -0.39 is 0 Å². The van der Waals surface area contributed by atoms with Gasteiger partial charge in [0.25, 0.3) is 0 Å². The zero-order chi connectivity index (χ0) is 9.52. The summed E-state index contributed by atoms with van der Waals surface area (Å²) in [5, 5.41) is 0. The summed E-state index contributed by atoms with van der Waals surface area (Å²) in [6.45, 7) is 0.552. The van der Waals surface area contributed by atoms with Crippen molar-refractivity contribution in [1.82, 2.24) is 0 Å². The summed E-state index contributed by atoms with van der Waals surface area (Å²) in [6, 6.07) is 0. The third kappa shape index (κ3) is 4.51. The number of halogens is 1. The molecule has 76 valence electrons. The van der Waals surface area contributed by atoms with E-state index in [1.165, 1.54) is 32.1 Å². The average Bonchev–Trinajstić information content (AvgIpc) is 2.19. The smallest absolute Gasteiger partial charge is 0.320 e. The second kappa shape index (κ2) is 6.25. The van der Waals surface area contributed by atoms with Crippen molar-refractivity contribution < 1.29 is 9.53 Å². The van der Waals surface area contributed by atoms with Gasteiger partial charge < -0.3 is 4.74 Å². The van der Waals surface area contributed by atoms with Gasteiger partial charge in [-0.25, -0.2) is 0 Å². The van der Waals surface area contributed by atoms with E-state index in [1.807, 2.05) is 0 Å². The summed E-state index contributed by atoms with van der Waals surface area (Å²) >= 11 is 5.30. The summed E-state index contributed by atoms with van der Waals surface area (Å²) < 4.78 is 4.92. The maximum atomic E-state index is 10.7. The van der Waals surface area contributed by atoms with E-state index in [0.717, 1.165) is 12.3 Å². The van der Waals surface area contributed by atoms with Crippen LogP contribution >= 0.6 is 11.6 Å². The molecule has 0 bridgehead atoms. The number of esters is 1. The fourth-order valence-electron chi connectivity index (χ4n) is 1.85. The van der Waals surface area contributed by atoms with Crippen LogP contribution in [0.25, 0.3) is 0 Å². The van der Waals surface area contributed by atoms with Crippen molar-refractivity contribution in [3.8, 4) is 0 Å². The fourth-order valence-corrected chi connectivity index (χ4v) is 1.93. The van der Waals surface area contributed by atoms with Crippen LogP contribution in [0.1, 0.15) is 38.5 Å². The molecule has 0 N–H and O–H groups in total. The Morgan fingerprint density at radius 1 is 1.31 bits per heavy atom. The Morgan fingerprint density at radius 2 is 2.00 bits per heavy atom. The van der Waals surface area contributed by atoms with E-state index >= 15 is 0 Å². The first-order valence-corrected chi connectivity index (χ1v) is 5.58. The minimum Gasteiger partial charge on any atom is -0.465 e. The third-order valence-corrected chi connectivity index (χ3v) is 2.84. The maximum Gasteiger partial charge on any atom is 0.320 e. The molecule has 0 heterocycles. The molecule has 0 aromatic heterocycles. The Morgan fingerprint density at radius 3 is 2.62 bits per heavy atom. The highest BCUT2D eigenvalue weighted by molar-refractivity contribution is 6.26. The normalized spacial score (nSPS) is 18.5. The maximum absolute atomic E-state index is 10.7. The Labute approximate surface area is 84.6 Å². The molecule has 1 rings (SSSR count). The van der Waals surface area contributed by atoms with E-state index in [0.29, 0.717) is 6.61 Å². The molecule has 1 fully saturated rings. The van der Waals surface area contributed by atoms with E-state index in [-0.39, 0.29) is 11.8 Å². The number of carbonyl (C=O) groups excluding carboxylic acids is 1. The molecule has 0 aromatic rings. The van der Waals surface area contributed by atoms with E-state index in [4.69, 9.17) is 16.3 Å².